The van der Waals surface area contributed by atoms with Gasteiger partial charge in [0.2, 0.25) is 11.8 Å². The van der Waals surface area contributed by atoms with E-state index in [9.17, 15) is 14.4 Å². The van der Waals surface area contributed by atoms with Gasteiger partial charge in [0, 0.05) is 24.7 Å². The molecule has 5 rings (SSSR count). The summed E-state index contributed by atoms with van der Waals surface area (Å²) in [6, 6.07) is 4.63. The largest absolute Gasteiger partial charge is 0.372 e. The van der Waals surface area contributed by atoms with Crippen LogP contribution < -0.4 is 21.0 Å². The number of ether oxygens (including phenoxy) is 1. The van der Waals surface area contributed by atoms with Crippen molar-refractivity contribution in [3.63, 3.8) is 0 Å². The molecule has 0 saturated carbocycles. The van der Waals surface area contributed by atoms with Crippen molar-refractivity contribution in [1.82, 2.24) is 15.6 Å². The second-order valence-electron chi connectivity index (χ2n) is 9.22. The molecule has 0 aliphatic carbocycles. The van der Waals surface area contributed by atoms with E-state index in [2.05, 4.69) is 26.1 Å². The third kappa shape index (κ3) is 3.60. The van der Waals surface area contributed by atoms with E-state index < -0.39 is 47.0 Å². The van der Waals surface area contributed by atoms with Crippen LogP contribution in [-0.2, 0) is 20.7 Å². The number of hydrogen-bond donors (Lipinski definition) is 3. The first-order valence-corrected chi connectivity index (χ1v) is 11.4. The lowest BCUT2D eigenvalue weighted by atomic mass is 9.66. The molecular weight excluding hydrogens is 474 g/mol. The number of halogens is 2. The van der Waals surface area contributed by atoms with Gasteiger partial charge in [-0.15, -0.1) is 0 Å². The third-order valence-corrected chi connectivity index (χ3v) is 6.86. The summed E-state index contributed by atoms with van der Waals surface area (Å²) in [5.41, 5.74) is 1.12. The lowest BCUT2D eigenvalue weighted by Crippen LogP contribution is -2.75. The number of hydrazone groups is 1. The van der Waals surface area contributed by atoms with Gasteiger partial charge in [-0.1, -0.05) is 6.07 Å². The Hall–Kier alpha value is -3.93. The highest BCUT2D eigenvalue weighted by Gasteiger charge is 2.63. The average molecular weight is 498 g/mol. The second kappa shape index (κ2) is 8.63. The van der Waals surface area contributed by atoms with Crippen molar-refractivity contribution in [2.45, 2.75) is 45.4 Å². The minimum absolute atomic E-state index is 0.0307. The van der Waals surface area contributed by atoms with Crippen molar-refractivity contribution in [2.24, 2.45) is 10.5 Å². The first-order chi connectivity index (χ1) is 17.1. The van der Waals surface area contributed by atoms with E-state index in [1.165, 1.54) is 17.9 Å². The van der Waals surface area contributed by atoms with E-state index in [1.54, 1.807) is 38.2 Å². The molecule has 1 spiro atoms. The zero-order valence-corrected chi connectivity index (χ0v) is 19.8. The number of pyridine rings is 1. The number of amides is 4. The Kier molecular flexibility index (Phi) is 5.70. The second-order valence-corrected chi connectivity index (χ2v) is 9.22. The van der Waals surface area contributed by atoms with Crippen LogP contribution in [0.25, 0.3) is 0 Å². The highest BCUT2D eigenvalue weighted by atomic mass is 19.2. The lowest BCUT2D eigenvalue weighted by molar-refractivity contribution is -0.153. The number of aromatic nitrogens is 1. The summed E-state index contributed by atoms with van der Waals surface area (Å²) in [5, 5.41) is 8.46. The summed E-state index contributed by atoms with van der Waals surface area (Å²) in [7, 11) is 0. The van der Waals surface area contributed by atoms with E-state index in [1.807, 2.05) is 0 Å². The number of nitrogens with one attached hydrogen (secondary N) is 3. The molecular formula is C24H24F2N6O4. The fourth-order valence-corrected chi connectivity index (χ4v) is 5.43. The minimum Gasteiger partial charge on any atom is -0.372 e. The number of hydrogen-bond acceptors (Lipinski definition) is 8. The van der Waals surface area contributed by atoms with Gasteiger partial charge >= 0.3 is 6.03 Å². The van der Waals surface area contributed by atoms with Crippen LogP contribution >= 0.6 is 0 Å². The molecule has 0 unspecified atom stereocenters. The van der Waals surface area contributed by atoms with Crippen molar-refractivity contribution in [2.75, 3.05) is 16.9 Å². The van der Waals surface area contributed by atoms with E-state index in [-0.39, 0.29) is 41.6 Å². The first-order valence-electron chi connectivity index (χ1n) is 11.4. The number of benzene rings is 1. The van der Waals surface area contributed by atoms with Gasteiger partial charge in [-0.3, -0.25) is 25.6 Å². The molecule has 3 aliphatic rings. The molecule has 0 bridgehead atoms. The number of rotatable bonds is 3. The molecule has 188 valence electrons. The predicted octanol–water partition coefficient (Wildman–Crippen LogP) is 2.09. The van der Waals surface area contributed by atoms with Crippen LogP contribution in [-0.4, -0.2) is 53.3 Å². The number of imide groups is 2. The monoisotopic (exact) mass is 498 g/mol. The molecule has 1 aromatic carbocycles. The van der Waals surface area contributed by atoms with Crippen molar-refractivity contribution in [3.05, 3.63) is 53.2 Å². The van der Waals surface area contributed by atoms with Crippen LogP contribution in [0.4, 0.5) is 25.1 Å². The van der Waals surface area contributed by atoms with Crippen LogP contribution in [0.3, 0.4) is 0 Å². The highest BCUT2D eigenvalue weighted by molar-refractivity contribution is 6.20. The normalized spacial score (nSPS) is 25.1. The number of morpholine rings is 1. The summed E-state index contributed by atoms with van der Waals surface area (Å²) in [6.45, 7) is 5.04. The van der Waals surface area contributed by atoms with E-state index >= 15 is 8.78 Å². The van der Waals surface area contributed by atoms with Gasteiger partial charge < -0.3 is 9.64 Å². The predicted molar refractivity (Wildman–Crippen MR) is 125 cm³/mol. The number of barbiturate groups is 1. The quantitative estimate of drug-likeness (QED) is 0.336. The Morgan fingerprint density at radius 1 is 1.19 bits per heavy atom. The van der Waals surface area contributed by atoms with Crippen LogP contribution in [0.2, 0.25) is 0 Å². The third-order valence-electron chi connectivity index (χ3n) is 6.86. The van der Waals surface area contributed by atoms with Crippen molar-refractivity contribution < 1.29 is 27.9 Å². The standard InChI is InChI=1S/C24H24F2N6O4/c1-11-10-32-19-14(9-24(20(32)13(3)36-11)21(33)28-23(35)29-22(24)34)8-15(17(25)18(19)26)12(2)30-31-16-6-4-5-7-27-16/h4-8,11,13,20H,9-10H2,1-3H3,(H,27,31)(H2,28,29,33,34,35)/b30-12+/t11-,13+,20-/m1/s1. The average Bonchev–Trinajstić information content (AvgIpc) is 2.83. The lowest BCUT2D eigenvalue weighted by Gasteiger charge is -2.55. The van der Waals surface area contributed by atoms with Gasteiger partial charge in [0.05, 0.1) is 29.6 Å². The molecule has 2 fully saturated rings. The number of urea groups is 1. The number of fused-ring (bicyclic) bond motifs is 4. The fraction of sp³-hybridized carbons (Fsp3) is 0.375. The Morgan fingerprint density at radius 2 is 1.92 bits per heavy atom. The molecule has 10 nitrogen and oxygen atoms in total. The van der Waals surface area contributed by atoms with Gasteiger partial charge in [-0.05, 0) is 44.5 Å². The Balaban J connectivity index is 1.64. The van der Waals surface area contributed by atoms with Crippen LogP contribution in [0, 0.1) is 17.0 Å². The summed E-state index contributed by atoms with van der Waals surface area (Å²) in [5.74, 6) is -3.42. The van der Waals surface area contributed by atoms with Gasteiger partial charge in [0.15, 0.2) is 17.0 Å². The van der Waals surface area contributed by atoms with Crippen LogP contribution in [0.1, 0.15) is 31.9 Å². The maximum atomic E-state index is 15.7. The molecule has 2 saturated heterocycles. The molecule has 2 aromatic rings. The van der Waals surface area contributed by atoms with Crippen molar-refractivity contribution in [3.8, 4) is 0 Å². The van der Waals surface area contributed by atoms with E-state index in [4.69, 9.17) is 4.74 Å². The molecule has 3 N–H and O–H groups in total. The maximum absolute atomic E-state index is 15.7. The number of carbonyl (C=O) groups excluding carboxylic acids is 3. The summed E-state index contributed by atoms with van der Waals surface area (Å²) < 4.78 is 37.0. The van der Waals surface area contributed by atoms with Gasteiger partial charge in [-0.25, -0.2) is 18.6 Å². The molecule has 4 heterocycles. The Bertz CT molecular complexity index is 1280. The van der Waals surface area contributed by atoms with Gasteiger partial charge in [0.25, 0.3) is 0 Å². The molecule has 12 heteroatoms. The van der Waals surface area contributed by atoms with Crippen LogP contribution in [0.5, 0.6) is 0 Å². The van der Waals surface area contributed by atoms with Crippen molar-refractivity contribution in [1.29, 1.82) is 0 Å². The Morgan fingerprint density at radius 3 is 2.58 bits per heavy atom. The highest BCUT2D eigenvalue weighted by Crippen LogP contribution is 2.48. The SMILES string of the molecule is C/C(=N\Nc1ccccn1)c1cc2c(c(F)c1F)N1C[C@@H](C)O[C@@H](C)[C@@H]1C1(C2)C(=O)NC(=O)NC1=O. The number of nitrogens with zero attached hydrogens (tertiary/aromatic N) is 3. The molecule has 3 aliphatic heterocycles. The zero-order chi connectivity index (χ0) is 25.8. The van der Waals surface area contributed by atoms with Crippen molar-refractivity contribution >= 4 is 35.1 Å². The minimum atomic E-state index is -1.79. The summed E-state index contributed by atoms with van der Waals surface area (Å²) in [6.07, 6.45) is 0.211. The fourth-order valence-electron chi connectivity index (χ4n) is 5.43. The number of carbonyl (C=O) groups is 3. The van der Waals surface area contributed by atoms with E-state index in [0.717, 1.165) is 0 Å². The summed E-state index contributed by atoms with van der Waals surface area (Å²) >= 11 is 0. The van der Waals surface area contributed by atoms with Crippen LogP contribution in [0.15, 0.2) is 35.6 Å². The summed E-state index contributed by atoms with van der Waals surface area (Å²) in [4.78, 5) is 43.9. The molecule has 0 radical (unpaired) electrons. The molecule has 36 heavy (non-hydrogen) atoms. The first kappa shape index (κ1) is 23.8. The molecule has 3 atom stereocenters. The molecule has 1 aromatic heterocycles. The molecule has 4 amide bonds. The maximum Gasteiger partial charge on any atom is 0.328 e. The smallest absolute Gasteiger partial charge is 0.328 e. The van der Waals surface area contributed by atoms with E-state index in [0.29, 0.717) is 5.82 Å². The Labute approximate surface area is 205 Å². The number of anilines is 2. The topological polar surface area (TPSA) is 125 Å². The van der Waals surface area contributed by atoms with Gasteiger partial charge in [0.1, 0.15) is 5.82 Å². The van der Waals surface area contributed by atoms with Gasteiger partial charge in [-0.2, -0.15) is 5.10 Å². The zero-order valence-electron chi connectivity index (χ0n) is 19.8.